The topological polar surface area (TPSA) is 48.0 Å². The molecule has 128 valence electrons. The van der Waals surface area contributed by atoms with E-state index in [-0.39, 0.29) is 12.2 Å². The zero-order valence-electron chi connectivity index (χ0n) is 12.7. The standard InChI is InChI=1S/C15H18F3NO4/c1-21-14(20)8-11-2-3-12(19-4-6-22-7-5-19)9-13(11)23-10-15(16,17)18/h2-3,9H,4-8,10H2,1H3. The molecular formula is C15H18F3NO4. The summed E-state index contributed by atoms with van der Waals surface area (Å²) in [6.07, 6.45) is -4.59. The van der Waals surface area contributed by atoms with E-state index in [1.807, 2.05) is 4.90 Å². The molecule has 1 fully saturated rings. The normalized spacial score (nSPS) is 15.4. The summed E-state index contributed by atoms with van der Waals surface area (Å²) in [6, 6.07) is 4.87. The minimum absolute atomic E-state index is 0.0386. The van der Waals surface area contributed by atoms with Crippen LogP contribution in [0.2, 0.25) is 0 Å². The van der Waals surface area contributed by atoms with Gasteiger partial charge >= 0.3 is 12.1 Å². The number of nitrogens with zero attached hydrogens (tertiary/aromatic N) is 1. The van der Waals surface area contributed by atoms with Gasteiger partial charge in [-0.1, -0.05) is 6.07 Å². The van der Waals surface area contributed by atoms with E-state index in [0.29, 0.717) is 31.9 Å². The van der Waals surface area contributed by atoms with Crippen LogP contribution in [-0.2, 0) is 20.7 Å². The highest BCUT2D eigenvalue weighted by molar-refractivity contribution is 5.74. The summed E-state index contributed by atoms with van der Waals surface area (Å²) in [5, 5.41) is 0. The number of carbonyl (C=O) groups excluding carboxylic acids is 1. The predicted octanol–water partition coefficient (Wildman–Crippen LogP) is 2.18. The largest absolute Gasteiger partial charge is 0.484 e. The van der Waals surface area contributed by atoms with Crippen LogP contribution in [0.3, 0.4) is 0 Å². The average molecular weight is 333 g/mol. The van der Waals surface area contributed by atoms with E-state index in [4.69, 9.17) is 9.47 Å². The SMILES string of the molecule is COC(=O)Cc1ccc(N2CCOCC2)cc1OCC(F)(F)F. The maximum absolute atomic E-state index is 12.4. The van der Waals surface area contributed by atoms with Crippen LogP contribution in [0.25, 0.3) is 0 Å². The summed E-state index contributed by atoms with van der Waals surface area (Å²) in [7, 11) is 1.22. The predicted molar refractivity (Wildman–Crippen MR) is 76.7 cm³/mol. The van der Waals surface area contributed by atoms with Crippen LogP contribution in [0.1, 0.15) is 5.56 Å². The number of hydrogen-bond donors (Lipinski definition) is 0. The van der Waals surface area contributed by atoms with Crippen molar-refractivity contribution in [1.82, 2.24) is 0 Å². The Bertz CT molecular complexity index is 542. The average Bonchev–Trinajstić information content (AvgIpc) is 2.53. The van der Waals surface area contributed by atoms with Crippen molar-refractivity contribution >= 4 is 11.7 Å². The van der Waals surface area contributed by atoms with Crippen LogP contribution in [0.4, 0.5) is 18.9 Å². The van der Waals surface area contributed by atoms with Crippen LogP contribution < -0.4 is 9.64 Å². The summed E-state index contributed by atoms with van der Waals surface area (Å²) in [5.74, 6) is -0.502. The van der Waals surface area contributed by atoms with Gasteiger partial charge < -0.3 is 19.1 Å². The molecule has 1 aromatic rings. The molecule has 1 saturated heterocycles. The maximum atomic E-state index is 12.4. The molecule has 0 radical (unpaired) electrons. The summed E-state index contributed by atoms with van der Waals surface area (Å²) < 4.78 is 51.9. The Balaban J connectivity index is 2.21. The summed E-state index contributed by atoms with van der Waals surface area (Å²) >= 11 is 0. The van der Waals surface area contributed by atoms with E-state index in [9.17, 15) is 18.0 Å². The van der Waals surface area contributed by atoms with E-state index in [2.05, 4.69) is 4.74 Å². The molecule has 1 aromatic carbocycles. The third-order valence-electron chi connectivity index (χ3n) is 3.38. The molecule has 0 bridgehead atoms. The molecule has 5 nitrogen and oxygen atoms in total. The number of rotatable bonds is 5. The summed E-state index contributed by atoms with van der Waals surface area (Å²) in [4.78, 5) is 13.4. The van der Waals surface area contributed by atoms with Crippen LogP contribution in [-0.4, -0.2) is 52.2 Å². The Labute approximate surface area is 131 Å². The fraction of sp³-hybridized carbons (Fsp3) is 0.533. The van der Waals surface area contributed by atoms with Crippen molar-refractivity contribution in [2.75, 3.05) is 44.9 Å². The van der Waals surface area contributed by atoms with Gasteiger partial charge in [0.25, 0.3) is 0 Å². The highest BCUT2D eigenvalue weighted by Gasteiger charge is 2.29. The molecule has 0 aromatic heterocycles. The Morgan fingerprint density at radius 2 is 2.00 bits per heavy atom. The molecule has 0 N–H and O–H groups in total. The second-order valence-corrected chi connectivity index (χ2v) is 5.05. The van der Waals surface area contributed by atoms with Gasteiger partial charge in [0.15, 0.2) is 6.61 Å². The van der Waals surface area contributed by atoms with Crippen molar-refractivity contribution < 1.29 is 32.2 Å². The minimum atomic E-state index is -4.45. The molecule has 1 aliphatic rings. The number of esters is 1. The molecular weight excluding hydrogens is 315 g/mol. The number of ether oxygens (including phenoxy) is 3. The number of methoxy groups -OCH3 is 1. The van der Waals surface area contributed by atoms with Gasteiger partial charge in [-0.05, 0) is 6.07 Å². The first-order chi connectivity index (χ1) is 10.9. The fourth-order valence-corrected chi connectivity index (χ4v) is 2.23. The summed E-state index contributed by atoms with van der Waals surface area (Å²) in [5.41, 5.74) is 1.09. The van der Waals surface area contributed by atoms with Crippen molar-refractivity contribution in [3.63, 3.8) is 0 Å². The molecule has 1 heterocycles. The number of benzene rings is 1. The zero-order valence-corrected chi connectivity index (χ0v) is 12.7. The molecule has 0 spiro atoms. The Morgan fingerprint density at radius 3 is 2.61 bits per heavy atom. The monoisotopic (exact) mass is 333 g/mol. The Morgan fingerprint density at radius 1 is 1.30 bits per heavy atom. The van der Waals surface area contributed by atoms with Gasteiger partial charge in [-0.25, -0.2) is 0 Å². The van der Waals surface area contributed by atoms with E-state index in [0.717, 1.165) is 5.69 Å². The van der Waals surface area contributed by atoms with Gasteiger partial charge in [0.05, 0.1) is 26.7 Å². The molecule has 0 unspecified atom stereocenters. The minimum Gasteiger partial charge on any atom is -0.484 e. The fourth-order valence-electron chi connectivity index (χ4n) is 2.23. The molecule has 8 heteroatoms. The third-order valence-corrected chi connectivity index (χ3v) is 3.38. The van der Waals surface area contributed by atoms with Crippen LogP contribution in [0, 0.1) is 0 Å². The van der Waals surface area contributed by atoms with E-state index < -0.39 is 18.8 Å². The van der Waals surface area contributed by atoms with Crippen molar-refractivity contribution in [3.05, 3.63) is 23.8 Å². The molecule has 0 saturated carbocycles. The first-order valence-electron chi connectivity index (χ1n) is 7.11. The Kier molecular flexibility index (Phi) is 5.70. The van der Waals surface area contributed by atoms with Gasteiger partial charge in [0.2, 0.25) is 0 Å². The molecule has 23 heavy (non-hydrogen) atoms. The van der Waals surface area contributed by atoms with Crippen molar-refractivity contribution in [2.45, 2.75) is 12.6 Å². The lowest BCUT2D eigenvalue weighted by Gasteiger charge is -2.29. The maximum Gasteiger partial charge on any atom is 0.422 e. The van der Waals surface area contributed by atoms with Gasteiger partial charge in [-0.2, -0.15) is 13.2 Å². The van der Waals surface area contributed by atoms with E-state index in [1.165, 1.54) is 13.2 Å². The number of anilines is 1. The van der Waals surface area contributed by atoms with Crippen molar-refractivity contribution in [3.8, 4) is 5.75 Å². The number of hydrogen-bond acceptors (Lipinski definition) is 5. The highest BCUT2D eigenvalue weighted by Crippen LogP contribution is 2.29. The van der Waals surface area contributed by atoms with Gasteiger partial charge in [0, 0.05) is 30.4 Å². The van der Waals surface area contributed by atoms with E-state index >= 15 is 0 Å². The molecule has 0 amide bonds. The second-order valence-electron chi connectivity index (χ2n) is 5.05. The molecule has 1 aliphatic heterocycles. The zero-order chi connectivity index (χ0) is 16.9. The van der Waals surface area contributed by atoms with Crippen molar-refractivity contribution in [2.24, 2.45) is 0 Å². The van der Waals surface area contributed by atoms with Gasteiger partial charge in [-0.15, -0.1) is 0 Å². The highest BCUT2D eigenvalue weighted by atomic mass is 19.4. The number of morpholine rings is 1. The quantitative estimate of drug-likeness (QED) is 0.773. The number of carbonyl (C=O) groups is 1. The lowest BCUT2D eigenvalue weighted by Crippen LogP contribution is -2.36. The second kappa shape index (κ2) is 7.54. The van der Waals surface area contributed by atoms with Crippen LogP contribution in [0.15, 0.2) is 18.2 Å². The molecule has 0 aliphatic carbocycles. The van der Waals surface area contributed by atoms with Crippen LogP contribution >= 0.6 is 0 Å². The third kappa shape index (κ3) is 5.31. The lowest BCUT2D eigenvalue weighted by atomic mass is 10.1. The smallest absolute Gasteiger partial charge is 0.422 e. The Hall–Kier alpha value is -1.96. The first kappa shape index (κ1) is 17.4. The molecule has 0 atom stereocenters. The summed E-state index contributed by atoms with van der Waals surface area (Å²) in [6.45, 7) is 1.00. The van der Waals surface area contributed by atoms with Crippen LogP contribution in [0.5, 0.6) is 5.75 Å². The van der Waals surface area contributed by atoms with E-state index in [1.54, 1.807) is 12.1 Å². The first-order valence-corrected chi connectivity index (χ1v) is 7.11. The lowest BCUT2D eigenvalue weighted by molar-refractivity contribution is -0.153. The molecule has 2 rings (SSSR count). The number of halogens is 3. The van der Waals surface area contributed by atoms with Gasteiger partial charge in [-0.3, -0.25) is 4.79 Å². The van der Waals surface area contributed by atoms with Gasteiger partial charge in [0.1, 0.15) is 5.75 Å². The van der Waals surface area contributed by atoms with Crippen molar-refractivity contribution in [1.29, 1.82) is 0 Å². The number of alkyl halides is 3.